The minimum absolute atomic E-state index is 0.0577. The topological polar surface area (TPSA) is 29.5 Å². The molecule has 0 fully saturated rings. The van der Waals surface area contributed by atoms with Gasteiger partial charge in [0, 0.05) is 11.5 Å². The number of rotatable bonds is 5. The zero-order valence-electron chi connectivity index (χ0n) is 7.99. The molecule has 1 radical (unpaired) electrons. The molecule has 1 N–H and O–H groups in total. The standard InChI is InChI=1S/C11H11ClFO2/c1-8(12)11(14)6-7-15-10-4-2-9(13)3-5-10/h1-5,11,14H,6-7H2. The Bertz CT molecular complexity index is 324. The van der Waals surface area contributed by atoms with Gasteiger partial charge in [0.1, 0.15) is 11.6 Å². The van der Waals surface area contributed by atoms with Crippen LogP contribution in [0.5, 0.6) is 5.75 Å². The average Bonchev–Trinajstić information content (AvgIpc) is 2.20. The van der Waals surface area contributed by atoms with Gasteiger partial charge in [-0.2, -0.15) is 0 Å². The van der Waals surface area contributed by atoms with E-state index in [0.717, 1.165) is 0 Å². The van der Waals surface area contributed by atoms with Gasteiger partial charge < -0.3 is 9.84 Å². The molecule has 0 saturated carbocycles. The maximum absolute atomic E-state index is 12.5. The summed E-state index contributed by atoms with van der Waals surface area (Å²) >= 11 is 5.37. The molecule has 1 unspecified atom stereocenters. The van der Waals surface area contributed by atoms with Crippen LogP contribution in [0.15, 0.2) is 29.3 Å². The number of ether oxygens (including phenoxy) is 1. The highest BCUT2D eigenvalue weighted by atomic mass is 35.5. The van der Waals surface area contributed by atoms with E-state index in [0.29, 0.717) is 12.2 Å². The number of halogens is 2. The Morgan fingerprint density at radius 2 is 2.07 bits per heavy atom. The van der Waals surface area contributed by atoms with E-state index >= 15 is 0 Å². The smallest absolute Gasteiger partial charge is 0.123 e. The van der Waals surface area contributed by atoms with Gasteiger partial charge in [-0.1, -0.05) is 11.6 Å². The highest BCUT2D eigenvalue weighted by Gasteiger charge is 2.06. The van der Waals surface area contributed by atoms with Gasteiger partial charge in [-0.05, 0) is 30.8 Å². The van der Waals surface area contributed by atoms with Crippen LogP contribution in [0.25, 0.3) is 0 Å². The molecule has 4 heteroatoms. The van der Waals surface area contributed by atoms with E-state index in [-0.39, 0.29) is 17.5 Å². The van der Waals surface area contributed by atoms with Crippen LogP contribution < -0.4 is 4.74 Å². The van der Waals surface area contributed by atoms with E-state index in [2.05, 4.69) is 0 Å². The third-order valence-corrected chi connectivity index (χ3v) is 2.04. The summed E-state index contributed by atoms with van der Waals surface area (Å²) in [6.07, 6.45) is -0.584. The van der Waals surface area contributed by atoms with E-state index in [1.54, 1.807) is 0 Å². The molecule has 0 aliphatic carbocycles. The summed E-state index contributed by atoms with van der Waals surface area (Å²) in [5.74, 6) is 0.220. The van der Waals surface area contributed by atoms with Crippen molar-refractivity contribution < 1.29 is 14.2 Å². The van der Waals surface area contributed by atoms with E-state index in [4.69, 9.17) is 22.9 Å². The third kappa shape index (κ3) is 4.32. The minimum atomic E-state index is -0.882. The third-order valence-electron chi connectivity index (χ3n) is 1.79. The van der Waals surface area contributed by atoms with Gasteiger partial charge in [0.05, 0.1) is 12.7 Å². The maximum atomic E-state index is 12.5. The monoisotopic (exact) mass is 229 g/mol. The Hall–Kier alpha value is -1.06. The molecule has 0 saturated heterocycles. The second-order valence-corrected chi connectivity index (χ2v) is 3.43. The molecule has 1 aromatic rings. The molecular weight excluding hydrogens is 219 g/mol. The first-order valence-corrected chi connectivity index (χ1v) is 4.81. The second-order valence-electron chi connectivity index (χ2n) is 2.99. The minimum Gasteiger partial charge on any atom is -0.493 e. The van der Waals surface area contributed by atoms with E-state index in [1.807, 2.05) is 0 Å². The fraction of sp³-hybridized carbons (Fsp3) is 0.273. The quantitative estimate of drug-likeness (QED) is 0.841. The maximum Gasteiger partial charge on any atom is 0.123 e. The number of hydrogen-bond acceptors (Lipinski definition) is 2. The normalized spacial score (nSPS) is 12.2. The van der Waals surface area contributed by atoms with Crippen molar-refractivity contribution in [2.75, 3.05) is 6.61 Å². The summed E-state index contributed by atoms with van der Waals surface area (Å²) < 4.78 is 17.7. The van der Waals surface area contributed by atoms with Crippen LogP contribution in [0.4, 0.5) is 4.39 Å². The van der Waals surface area contributed by atoms with Crippen LogP contribution >= 0.6 is 11.6 Å². The number of aliphatic hydroxyl groups is 1. The molecule has 0 aliphatic rings. The van der Waals surface area contributed by atoms with Crippen LogP contribution in [-0.4, -0.2) is 17.8 Å². The van der Waals surface area contributed by atoms with Crippen molar-refractivity contribution in [1.82, 2.24) is 0 Å². The zero-order chi connectivity index (χ0) is 11.3. The lowest BCUT2D eigenvalue weighted by atomic mass is 10.2. The summed E-state index contributed by atoms with van der Waals surface area (Å²) in [6.45, 7) is 5.43. The van der Waals surface area contributed by atoms with Crippen molar-refractivity contribution in [1.29, 1.82) is 0 Å². The lowest BCUT2D eigenvalue weighted by molar-refractivity contribution is 0.175. The first kappa shape index (κ1) is 12.0. The predicted octanol–water partition coefficient (Wildman–Crippen LogP) is 2.51. The molecule has 0 spiro atoms. The van der Waals surface area contributed by atoms with Crippen molar-refractivity contribution in [3.63, 3.8) is 0 Å². The largest absolute Gasteiger partial charge is 0.493 e. The van der Waals surface area contributed by atoms with Crippen molar-refractivity contribution in [3.05, 3.63) is 41.7 Å². The van der Waals surface area contributed by atoms with Gasteiger partial charge in [0.2, 0.25) is 0 Å². The summed E-state index contributed by atoms with van der Waals surface area (Å²) in [5, 5.41) is 9.16. The Morgan fingerprint density at radius 1 is 1.47 bits per heavy atom. The van der Waals surface area contributed by atoms with Crippen LogP contribution in [0.3, 0.4) is 0 Å². The lowest BCUT2D eigenvalue weighted by Gasteiger charge is -2.09. The van der Waals surface area contributed by atoms with E-state index in [9.17, 15) is 9.50 Å². The molecule has 1 atom stereocenters. The highest BCUT2D eigenvalue weighted by Crippen LogP contribution is 2.13. The Kier molecular flexibility index (Phi) is 4.59. The molecule has 15 heavy (non-hydrogen) atoms. The fourth-order valence-corrected chi connectivity index (χ4v) is 1.07. The van der Waals surface area contributed by atoms with Crippen LogP contribution in [0.1, 0.15) is 6.42 Å². The van der Waals surface area contributed by atoms with Crippen molar-refractivity contribution in [3.8, 4) is 5.75 Å². The molecule has 1 rings (SSSR count). The first-order chi connectivity index (χ1) is 7.09. The van der Waals surface area contributed by atoms with Gasteiger partial charge in [0.25, 0.3) is 0 Å². The SMILES string of the molecule is [CH]=C(Cl)C(O)CCOc1ccc(F)cc1. The van der Waals surface area contributed by atoms with Crippen molar-refractivity contribution >= 4 is 11.6 Å². The van der Waals surface area contributed by atoms with Crippen molar-refractivity contribution in [2.24, 2.45) is 0 Å². The molecule has 2 nitrogen and oxygen atoms in total. The number of benzene rings is 1. The molecule has 0 heterocycles. The summed E-state index contributed by atoms with van der Waals surface area (Å²) in [7, 11) is 0. The number of aliphatic hydroxyl groups excluding tert-OH is 1. The van der Waals surface area contributed by atoms with Gasteiger partial charge in [-0.15, -0.1) is 0 Å². The van der Waals surface area contributed by atoms with Crippen LogP contribution in [0.2, 0.25) is 0 Å². The van der Waals surface area contributed by atoms with Gasteiger partial charge in [0.15, 0.2) is 0 Å². The molecule has 0 bridgehead atoms. The predicted molar refractivity (Wildman–Crippen MR) is 56.2 cm³/mol. The summed E-state index contributed by atoms with van der Waals surface area (Å²) in [6, 6.07) is 5.62. The van der Waals surface area contributed by atoms with E-state index < -0.39 is 6.10 Å². The molecule has 81 valence electrons. The summed E-state index contributed by atoms with van der Waals surface area (Å²) in [4.78, 5) is 0. The summed E-state index contributed by atoms with van der Waals surface area (Å²) in [5.41, 5.74) is 0. The van der Waals surface area contributed by atoms with Gasteiger partial charge in [-0.3, -0.25) is 0 Å². The molecular formula is C11H11ClFO2. The zero-order valence-corrected chi connectivity index (χ0v) is 8.75. The van der Waals surface area contributed by atoms with E-state index in [1.165, 1.54) is 24.3 Å². The fourth-order valence-electron chi connectivity index (χ4n) is 0.957. The lowest BCUT2D eigenvalue weighted by Crippen LogP contribution is -2.11. The highest BCUT2D eigenvalue weighted by molar-refractivity contribution is 6.29. The molecule has 0 aromatic heterocycles. The average molecular weight is 230 g/mol. The van der Waals surface area contributed by atoms with Crippen molar-refractivity contribution in [2.45, 2.75) is 12.5 Å². The first-order valence-electron chi connectivity index (χ1n) is 4.44. The Labute approximate surface area is 92.9 Å². The Morgan fingerprint density at radius 3 is 2.60 bits per heavy atom. The van der Waals surface area contributed by atoms with Gasteiger partial charge >= 0.3 is 0 Å². The van der Waals surface area contributed by atoms with Crippen LogP contribution in [-0.2, 0) is 0 Å². The van der Waals surface area contributed by atoms with Gasteiger partial charge in [-0.25, -0.2) is 4.39 Å². The molecule has 0 amide bonds. The molecule has 0 aliphatic heterocycles. The van der Waals surface area contributed by atoms with Crippen LogP contribution in [0, 0.1) is 12.4 Å². The second kappa shape index (κ2) is 5.73. The Balaban J connectivity index is 2.32. The molecule has 1 aromatic carbocycles. The number of hydrogen-bond donors (Lipinski definition) is 1.